The van der Waals surface area contributed by atoms with Crippen molar-refractivity contribution in [2.24, 2.45) is 5.10 Å². The number of carbonyl (C=O) groups is 2. The average Bonchev–Trinajstić information content (AvgIpc) is 2.74. The maximum Gasteiger partial charge on any atom is 0.271 e. The van der Waals surface area contributed by atoms with Gasteiger partial charge in [0.1, 0.15) is 5.75 Å². The summed E-state index contributed by atoms with van der Waals surface area (Å²) in [5.74, 6) is 0.0832. The van der Waals surface area contributed by atoms with Gasteiger partial charge in [0.05, 0.1) is 13.3 Å². The van der Waals surface area contributed by atoms with Gasteiger partial charge in [0.15, 0.2) is 0 Å². The molecule has 0 fully saturated rings. The first-order valence-electron chi connectivity index (χ1n) is 9.12. The number of carbonyl (C=O) groups excluding carboxylic acids is 2. The molecule has 0 atom stereocenters. The molecule has 2 amide bonds. The number of halogens is 1. The van der Waals surface area contributed by atoms with E-state index in [0.29, 0.717) is 22.6 Å². The first-order valence-corrected chi connectivity index (χ1v) is 9.91. The van der Waals surface area contributed by atoms with Crippen LogP contribution in [0, 0.1) is 6.92 Å². The van der Waals surface area contributed by atoms with Crippen LogP contribution in [0.15, 0.2) is 76.3 Å². The van der Waals surface area contributed by atoms with Crippen LogP contribution in [0.1, 0.15) is 31.8 Å². The zero-order chi connectivity index (χ0) is 21.5. The van der Waals surface area contributed by atoms with Crippen LogP contribution in [0.5, 0.6) is 5.75 Å². The summed E-state index contributed by atoms with van der Waals surface area (Å²) in [4.78, 5) is 24.7. The minimum atomic E-state index is -0.364. The molecule has 0 aliphatic rings. The van der Waals surface area contributed by atoms with Crippen molar-refractivity contribution in [3.05, 3.63) is 93.5 Å². The van der Waals surface area contributed by atoms with Gasteiger partial charge in [-0.2, -0.15) is 5.10 Å². The van der Waals surface area contributed by atoms with Crippen LogP contribution >= 0.6 is 15.9 Å². The normalized spacial score (nSPS) is 10.6. The summed E-state index contributed by atoms with van der Waals surface area (Å²) in [6, 6.07) is 19.4. The Bertz CT molecular complexity index is 1100. The van der Waals surface area contributed by atoms with E-state index in [1.165, 1.54) is 6.21 Å². The molecule has 30 heavy (non-hydrogen) atoms. The van der Waals surface area contributed by atoms with E-state index in [9.17, 15) is 9.59 Å². The highest BCUT2D eigenvalue weighted by atomic mass is 79.9. The molecule has 6 nitrogen and oxygen atoms in total. The highest BCUT2D eigenvalue weighted by molar-refractivity contribution is 9.10. The second-order valence-electron chi connectivity index (χ2n) is 6.43. The number of anilines is 1. The van der Waals surface area contributed by atoms with Crippen molar-refractivity contribution in [2.45, 2.75) is 6.92 Å². The molecule has 0 heterocycles. The van der Waals surface area contributed by atoms with Crippen molar-refractivity contribution in [1.29, 1.82) is 0 Å². The fourth-order valence-corrected chi connectivity index (χ4v) is 3.14. The second kappa shape index (κ2) is 9.84. The highest BCUT2D eigenvalue weighted by Gasteiger charge is 2.10. The van der Waals surface area contributed by atoms with E-state index in [1.54, 1.807) is 43.5 Å². The Morgan fingerprint density at radius 1 is 1.00 bits per heavy atom. The first kappa shape index (κ1) is 21.3. The smallest absolute Gasteiger partial charge is 0.271 e. The van der Waals surface area contributed by atoms with Crippen LogP contribution in [0.4, 0.5) is 5.69 Å². The zero-order valence-electron chi connectivity index (χ0n) is 16.5. The third-order valence-electron chi connectivity index (χ3n) is 4.36. The minimum absolute atomic E-state index is 0.196. The van der Waals surface area contributed by atoms with Gasteiger partial charge in [0.2, 0.25) is 0 Å². The lowest BCUT2D eigenvalue weighted by Gasteiger charge is -2.08. The molecule has 7 heteroatoms. The summed E-state index contributed by atoms with van der Waals surface area (Å²) in [5, 5.41) is 6.82. The van der Waals surface area contributed by atoms with Crippen LogP contribution in [-0.4, -0.2) is 25.1 Å². The molecule has 2 N–H and O–H groups in total. The topological polar surface area (TPSA) is 79.8 Å². The Balaban J connectivity index is 1.62. The van der Waals surface area contributed by atoms with Gasteiger partial charge >= 0.3 is 0 Å². The Labute approximate surface area is 183 Å². The molecule has 0 radical (unpaired) electrons. The first-order chi connectivity index (χ1) is 14.5. The largest absolute Gasteiger partial charge is 0.496 e. The molecule has 0 aromatic heterocycles. The predicted molar refractivity (Wildman–Crippen MR) is 121 cm³/mol. The number of rotatable bonds is 6. The van der Waals surface area contributed by atoms with Crippen LogP contribution in [-0.2, 0) is 0 Å². The van der Waals surface area contributed by atoms with Crippen LogP contribution < -0.4 is 15.5 Å². The molecule has 3 aromatic rings. The van der Waals surface area contributed by atoms with E-state index in [0.717, 1.165) is 15.6 Å². The third-order valence-corrected chi connectivity index (χ3v) is 4.85. The monoisotopic (exact) mass is 465 g/mol. The molecule has 0 saturated heterocycles. The number of hydrazone groups is 1. The van der Waals surface area contributed by atoms with Gasteiger partial charge in [0, 0.05) is 26.9 Å². The van der Waals surface area contributed by atoms with Crippen LogP contribution in [0.25, 0.3) is 0 Å². The van der Waals surface area contributed by atoms with Crippen LogP contribution in [0.2, 0.25) is 0 Å². The molecular formula is C23H20BrN3O3. The van der Waals surface area contributed by atoms with E-state index in [1.807, 2.05) is 37.3 Å². The lowest BCUT2D eigenvalue weighted by molar-refractivity contribution is 0.0954. The molecule has 3 rings (SSSR count). The summed E-state index contributed by atoms with van der Waals surface area (Å²) in [7, 11) is 1.57. The number of hydrogen-bond donors (Lipinski definition) is 2. The molecule has 0 unspecified atom stereocenters. The number of amides is 2. The van der Waals surface area contributed by atoms with Crippen molar-refractivity contribution in [2.75, 3.05) is 12.4 Å². The molecule has 0 aliphatic heterocycles. The predicted octanol–water partition coefficient (Wildman–Crippen LogP) is 4.78. The standard InChI is InChI=1S/C23H20BrN3O3/c1-15-5-3-4-6-20(15)23(29)26-19-10-7-16(8-11-19)22(28)27-25-14-17-13-18(24)9-12-21(17)30-2/h3-14H,1-2H3,(H,26,29)(H,27,28)/b25-14-. The minimum Gasteiger partial charge on any atom is -0.496 e. The molecule has 0 bridgehead atoms. The van der Waals surface area contributed by atoms with Crippen molar-refractivity contribution >= 4 is 39.6 Å². The Kier molecular flexibility index (Phi) is 6.98. The van der Waals surface area contributed by atoms with E-state index in [4.69, 9.17) is 4.74 Å². The number of nitrogens with zero attached hydrogens (tertiary/aromatic N) is 1. The third kappa shape index (κ3) is 5.33. The number of ether oxygens (including phenoxy) is 1. The second-order valence-corrected chi connectivity index (χ2v) is 7.35. The van der Waals surface area contributed by atoms with E-state index in [-0.39, 0.29) is 11.8 Å². The van der Waals surface area contributed by atoms with Gasteiger partial charge in [-0.3, -0.25) is 9.59 Å². The summed E-state index contributed by atoms with van der Waals surface area (Å²) >= 11 is 3.39. The van der Waals surface area contributed by atoms with E-state index >= 15 is 0 Å². The Morgan fingerprint density at radius 3 is 2.43 bits per heavy atom. The van der Waals surface area contributed by atoms with Crippen molar-refractivity contribution < 1.29 is 14.3 Å². The van der Waals surface area contributed by atoms with Gasteiger partial charge in [0.25, 0.3) is 11.8 Å². The lowest BCUT2D eigenvalue weighted by Crippen LogP contribution is -2.18. The van der Waals surface area contributed by atoms with Crippen molar-refractivity contribution in [1.82, 2.24) is 5.43 Å². The summed E-state index contributed by atoms with van der Waals surface area (Å²) in [6.07, 6.45) is 1.51. The maximum atomic E-state index is 12.4. The zero-order valence-corrected chi connectivity index (χ0v) is 18.1. The van der Waals surface area contributed by atoms with E-state index < -0.39 is 0 Å². The molecule has 0 aliphatic carbocycles. The van der Waals surface area contributed by atoms with Gasteiger partial charge < -0.3 is 10.1 Å². The van der Waals surface area contributed by atoms with Crippen molar-refractivity contribution in [3.63, 3.8) is 0 Å². The van der Waals surface area contributed by atoms with E-state index in [2.05, 4.69) is 31.8 Å². The SMILES string of the molecule is COc1ccc(Br)cc1/C=N\NC(=O)c1ccc(NC(=O)c2ccccc2C)cc1. The number of nitrogens with one attached hydrogen (secondary N) is 2. The van der Waals surface area contributed by atoms with Gasteiger partial charge in [-0.25, -0.2) is 5.43 Å². The molecule has 0 saturated carbocycles. The maximum absolute atomic E-state index is 12.4. The fourth-order valence-electron chi connectivity index (χ4n) is 2.76. The summed E-state index contributed by atoms with van der Waals surface area (Å²) < 4.78 is 6.14. The van der Waals surface area contributed by atoms with Gasteiger partial charge in [-0.05, 0) is 61.0 Å². The fraction of sp³-hybridized carbons (Fsp3) is 0.0870. The number of benzene rings is 3. The molecule has 3 aromatic carbocycles. The quantitative estimate of drug-likeness (QED) is 0.405. The van der Waals surface area contributed by atoms with Crippen molar-refractivity contribution in [3.8, 4) is 5.75 Å². The molecular weight excluding hydrogens is 446 g/mol. The Morgan fingerprint density at radius 2 is 1.73 bits per heavy atom. The van der Waals surface area contributed by atoms with Gasteiger partial charge in [-0.15, -0.1) is 0 Å². The van der Waals surface area contributed by atoms with Gasteiger partial charge in [-0.1, -0.05) is 34.1 Å². The number of methoxy groups -OCH3 is 1. The molecule has 0 spiro atoms. The average molecular weight is 466 g/mol. The summed E-state index contributed by atoms with van der Waals surface area (Å²) in [5.41, 5.74) is 5.73. The summed E-state index contributed by atoms with van der Waals surface area (Å²) in [6.45, 7) is 1.88. The number of hydrogen-bond acceptors (Lipinski definition) is 4. The highest BCUT2D eigenvalue weighted by Crippen LogP contribution is 2.21. The Hall–Kier alpha value is -3.45. The lowest BCUT2D eigenvalue weighted by atomic mass is 10.1. The molecule has 152 valence electrons. The number of aryl methyl sites for hydroxylation is 1. The van der Waals surface area contributed by atoms with Crippen LogP contribution in [0.3, 0.4) is 0 Å².